The van der Waals surface area contributed by atoms with Gasteiger partial charge in [-0.05, 0) is 24.3 Å². The molecule has 2 aromatic carbocycles. The topological polar surface area (TPSA) is 106 Å². The smallest absolute Gasteiger partial charge is 0.229 e. The molecule has 0 spiro atoms. The summed E-state index contributed by atoms with van der Waals surface area (Å²) in [5, 5.41) is 13.0. The van der Waals surface area contributed by atoms with Gasteiger partial charge in [-0.25, -0.2) is 14.1 Å². The molecule has 0 radical (unpaired) electrons. The third-order valence-corrected chi connectivity index (χ3v) is 6.03. The first-order valence-corrected chi connectivity index (χ1v) is 11.4. The van der Waals surface area contributed by atoms with E-state index in [2.05, 4.69) is 25.4 Å². The molecule has 5 aromatic rings. The van der Waals surface area contributed by atoms with Crippen LogP contribution < -0.4 is 9.47 Å². The molecule has 182 valence electrons. The fourth-order valence-electron chi connectivity index (χ4n) is 4.19. The number of nitrogens with zero attached hydrogens (tertiary/aromatic N) is 7. The van der Waals surface area contributed by atoms with Crippen molar-refractivity contribution in [1.82, 2.24) is 34.7 Å². The molecule has 3 aromatic heterocycles. The Balaban J connectivity index is 1.47. The lowest BCUT2D eigenvalue weighted by Gasteiger charge is -2.11. The van der Waals surface area contributed by atoms with Crippen LogP contribution in [0.1, 0.15) is 42.7 Å². The summed E-state index contributed by atoms with van der Waals surface area (Å²) >= 11 is 0. The molecule has 36 heavy (non-hydrogen) atoms. The van der Waals surface area contributed by atoms with Gasteiger partial charge in [-0.3, -0.25) is 4.57 Å². The second kappa shape index (κ2) is 8.59. The molecule has 0 atom stereocenters. The third kappa shape index (κ3) is 3.69. The Morgan fingerprint density at radius 3 is 2.75 bits per heavy atom. The molecule has 0 N–H and O–H groups in total. The molecule has 0 amide bonds. The van der Waals surface area contributed by atoms with Gasteiger partial charge in [0.2, 0.25) is 11.7 Å². The van der Waals surface area contributed by atoms with Crippen LogP contribution in [0.15, 0.2) is 53.3 Å². The fourth-order valence-corrected chi connectivity index (χ4v) is 4.19. The van der Waals surface area contributed by atoms with E-state index in [-0.39, 0.29) is 18.3 Å². The lowest BCUT2D eigenvalue weighted by atomic mass is 10.1. The number of hydrogen-bond acceptors (Lipinski definition) is 8. The Hall–Kier alpha value is -4.54. The predicted molar refractivity (Wildman–Crippen MR) is 126 cm³/mol. The third-order valence-electron chi connectivity index (χ3n) is 6.03. The number of halogens is 1. The van der Waals surface area contributed by atoms with Crippen LogP contribution in [0.4, 0.5) is 4.39 Å². The van der Waals surface area contributed by atoms with Crippen molar-refractivity contribution in [2.24, 2.45) is 0 Å². The molecule has 0 saturated carbocycles. The van der Waals surface area contributed by atoms with Crippen LogP contribution >= 0.6 is 0 Å². The van der Waals surface area contributed by atoms with Crippen LogP contribution in [0.2, 0.25) is 0 Å². The molecule has 4 heterocycles. The van der Waals surface area contributed by atoms with Gasteiger partial charge in [-0.15, -0.1) is 5.10 Å². The van der Waals surface area contributed by atoms with Gasteiger partial charge in [-0.1, -0.05) is 30.3 Å². The maximum atomic E-state index is 13.6. The summed E-state index contributed by atoms with van der Waals surface area (Å²) in [7, 11) is 1.61. The van der Waals surface area contributed by atoms with Gasteiger partial charge in [0.15, 0.2) is 0 Å². The summed E-state index contributed by atoms with van der Waals surface area (Å²) in [6.07, 6.45) is 2.16. The van der Waals surface area contributed by atoms with Gasteiger partial charge in [0.1, 0.15) is 41.6 Å². The Labute approximate surface area is 205 Å². The number of imidazole rings is 1. The van der Waals surface area contributed by atoms with E-state index in [0.29, 0.717) is 41.0 Å². The highest BCUT2D eigenvalue weighted by molar-refractivity contribution is 5.63. The van der Waals surface area contributed by atoms with Crippen LogP contribution in [-0.2, 0) is 13.0 Å². The minimum atomic E-state index is -0.371. The molecule has 6 rings (SSSR count). The first-order valence-electron chi connectivity index (χ1n) is 11.4. The number of ether oxygens (including phenoxy) is 2. The molecule has 0 unspecified atom stereocenters. The Bertz CT molecular complexity index is 1570. The van der Waals surface area contributed by atoms with Crippen molar-refractivity contribution in [1.29, 1.82) is 0 Å². The number of hydrogen-bond donors (Lipinski definition) is 0. The van der Waals surface area contributed by atoms with Crippen molar-refractivity contribution >= 4 is 0 Å². The molecule has 10 nitrogen and oxygen atoms in total. The highest BCUT2D eigenvalue weighted by Gasteiger charge is 2.29. The van der Waals surface area contributed by atoms with E-state index in [1.54, 1.807) is 30.3 Å². The zero-order valence-electron chi connectivity index (χ0n) is 19.8. The summed E-state index contributed by atoms with van der Waals surface area (Å²) in [5.74, 6) is 1.77. The molecule has 1 aliphatic rings. The van der Waals surface area contributed by atoms with Gasteiger partial charge in [0.25, 0.3) is 0 Å². The summed E-state index contributed by atoms with van der Waals surface area (Å²) in [6, 6.07) is 11.7. The van der Waals surface area contributed by atoms with Crippen LogP contribution in [-0.4, -0.2) is 41.8 Å². The molecular weight excluding hydrogens is 465 g/mol. The summed E-state index contributed by atoms with van der Waals surface area (Å²) in [6.45, 7) is 4.09. The monoisotopic (exact) mass is 487 g/mol. The normalized spacial score (nSPS) is 12.1. The molecule has 0 bridgehead atoms. The number of rotatable bonds is 6. The van der Waals surface area contributed by atoms with Crippen molar-refractivity contribution < 1.29 is 18.4 Å². The van der Waals surface area contributed by atoms with Gasteiger partial charge in [-0.2, -0.15) is 4.98 Å². The number of aromatic nitrogens is 7. The van der Waals surface area contributed by atoms with Gasteiger partial charge >= 0.3 is 0 Å². The molecule has 1 aliphatic heterocycles. The first kappa shape index (κ1) is 22.0. The van der Waals surface area contributed by atoms with Crippen molar-refractivity contribution in [3.8, 4) is 34.4 Å². The van der Waals surface area contributed by atoms with E-state index in [1.807, 2.05) is 36.6 Å². The standard InChI is InChI=1S/C25H22FN7O3/c1-14(2)25-28-24(30-36-25)23-22-11-20-18(12-35-17-6-4-5-15(26)9-17)29-31-33(20)21-10-16(34-3)7-8-19(21)32(22)13-27-23/h4-10,13-14H,11-12H2,1-3H3. The van der Waals surface area contributed by atoms with Crippen molar-refractivity contribution in [2.45, 2.75) is 32.8 Å². The predicted octanol–water partition coefficient (Wildman–Crippen LogP) is 4.26. The Morgan fingerprint density at radius 1 is 1.08 bits per heavy atom. The highest BCUT2D eigenvalue weighted by atomic mass is 19.1. The van der Waals surface area contributed by atoms with Crippen LogP contribution in [0.5, 0.6) is 11.5 Å². The lowest BCUT2D eigenvalue weighted by Crippen LogP contribution is -2.06. The first-order chi connectivity index (χ1) is 17.5. The van der Waals surface area contributed by atoms with Gasteiger partial charge in [0, 0.05) is 24.5 Å². The van der Waals surface area contributed by atoms with Crippen LogP contribution in [0, 0.1) is 5.82 Å². The molecule has 0 saturated heterocycles. The summed E-state index contributed by atoms with van der Waals surface area (Å²) in [4.78, 5) is 9.19. The average Bonchev–Trinajstić information content (AvgIpc) is 3.60. The average molecular weight is 487 g/mol. The second-order valence-electron chi connectivity index (χ2n) is 8.69. The van der Waals surface area contributed by atoms with Crippen LogP contribution in [0.3, 0.4) is 0 Å². The largest absolute Gasteiger partial charge is 0.497 e. The quantitative estimate of drug-likeness (QED) is 0.343. The van der Waals surface area contributed by atoms with E-state index in [4.69, 9.17) is 14.0 Å². The Kier molecular flexibility index (Phi) is 5.24. The van der Waals surface area contributed by atoms with Crippen LogP contribution in [0.25, 0.3) is 22.9 Å². The maximum absolute atomic E-state index is 13.6. The zero-order chi connectivity index (χ0) is 24.8. The number of fused-ring (bicyclic) bond motifs is 5. The second-order valence-corrected chi connectivity index (χ2v) is 8.69. The summed E-state index contributed by atoms with van der Waals surface area (Å²) < 4.78 is 34.1. The van der Waals surface area contributed by atoms with E-state index >= 15 is 0 Å². The Morgan fingerprint density at radius 2 is 1.97 bits per heavy atom. The fraction of sp³-hybridized carbons (Fsp3) is 0.240. The molecule has 0 fully saturated rings. The number of benzene rings is 2. The van der Waals surface area contributed by atoms with Crippen molar-refractivity contribution in [2.75, 3.05) is 7.11 Å². The van der Waals surface area contributed by atoms with Gasteiger partial charge < -0.3 is 14.0 Å². The van der Waals surface area contributed by atoms with Crippen molar-refractivity contribution in [3.63, 3.8) is 0 Å². The lowest BCUT2D eigenvalue weighted by molar-refractivity contribution is 0.298. The SMILES string of the molecule is COc1ccc2c(c1)-n1nnc(COc3cccc(F)c3)c1Cc1c(-c3noc(C(C)C)n3)ncn1-2. The van der Waals surface area contributed by atoms with Gasteiger partial charge in [0.05, 0.1) is 29.9 Å². The van der Waals surface area contributed by atoms with Crippen molar-refractivity contribution in [3.05, 3.63) is 77.6 Å². The maximum Gasteiger partial charge on any atom is 0.229 e. The van der Waals surface area contributed by atoms with E-state index in [1.165, 1.54) is 12.1 Å². The molecular formula is C25H22FN7O3. The minimum Gasteiger partial charge on any atom is -0.497 e. The minimum absolute atomic E-state index is 0.0952. The number of methoxy groups -OCH3 is 1. The van der Waals surface area contributed by atoms with E-state index in [9.17, 15) is 4.39 Å². The summed E-state index contributed by atoms with van der Waals surface area (Å²) in [5.41, 5.74) is 4.49. The van der Waals surface area contributed by atoms with E-state index < -0.39 is 0 Å². The molecule has 11 heteroatoms. The highest BCUT2D eigenvalue weighted by Crippen LogP contribution is 2.35. The van der Waals surface area contributed by atoms with E-state index in [0.717, 1.165) is 22.8 Å². The molecule has 0 aliphatic carbocycles. The zero-order valence-corrected chi connectivity index (χ0v) is 19.8.